The molecule has 1 fully saturated rings. The number of aromatic nitrogens is 2. The maximum Gasteiger partial charge on any atom is 0.247 e. The Bertz CT molecular complexity index is 1730. The molecule has 250 valence electrons. The number of hydrogen-bond donors (Lipinski definition) is 4. The van der Waals surface area contributed by atoms with Crippen LogP contribution in [0.4, 0.5) is 26.0 Å². The van der Waals surface area contributed by atoms with E-state index in [0.29, 0.717) is 23.7 Å². The molecule has 1 saturated heterocycles. The molecule has 2 aromatic carbocycles. The number of halogens is 3. The van der Waals surface area contributed by atoms with E-state index < -0.39 is 63.8 Å². The number of nitrogens with one attached hydrogen (secondary N) is 4. The number of amides is 4. The van der Waals surface area contributed by atoms with E-state index in [1.54, 1.807) is 26.8 Å². The van der Waals surface area contributed by atoms with Crippen molar-refractivity contribution in [1.29, 1.82) is 0 Å². The summed E-state index contributed by atoms with van der Waals surface area (Å²) in [4.78, 5) is 62.1. The Balaban J connectivity index is 1.59. The van der Waals surface area contributed by atoms with Gasteiger partial charge in [-0.05, 0) is 49.5 Å². The van der Waals surface area contributed by atoms with E-state index in [0.717, 1.165) is 12.1 Å². The topological polar surface area (TPSA) is 155 Å². The van der Waals surface area contributed by atoms with Crippen LogP contribution in [0.15, 0.2) is 43.2 Å². The summed E-state index contributed by atoms with van der Waals surface area (Å²) in [5, 5.41) is 10.5. The minimum atomic E-state index is -1.01. The molecule has 1 aromatic heterocycles. The molecule has 3 aromatic rings. The van der Waals surface area contributed by atoms with Crippen LogP contribution in [0.5, 0.6) is 5.75 Å². The van der Waals surface area contributed by atoms with Crippen LogP contribution in [0, 0.1) is 17.0 Å². The van der Waals surface area contributed by atoms with E-state index >= 15 is 0 Å². The summed E-state index contributed by atoms with van der Waals surface area (Å²) in [6.07, 6.45) is 3.19. The molecular weight excluding hydrogens is 636 g/mol. The molecule has 4 amide bonds. The fraction of sp³-hybridized carbons (Fsp3) is 0.375. The number of ether oxygens (including phenoxy) is 1. The molecule has 47 heavy (non-hydrogen) atoms. The van der Waals surface area contributed by atoms with Crippen molar-refractivity contribution in [2.75, 3.05) is 24.3 Å². The number of anilines is 3. The van der Waals surface area contributed by atoms with Crippen molar-refractivity contribution in [3.05, 3.63) is 59.9 Å². The molecule has 0 aliphatic carbocycles. The van der Waals surface area contributed by atoms with Gasteiger partial charge in [0.05, 0.1) is 24.0 Å². The van der Waals surface area contributed by atoms with Crippen LogP contribution in [0.2, 0.25) is 5.02 Å². The number of hydrogen-bond acceptors (Lipinski definition) is 8. The second-order valence-corrected chi connectivity index (χ2v) is 12.4. The largest absolute Gasteiger partial charge is 0.494 e. The zero-order valence-electron chi connectivity index (χ0n) is 26.5. The molecule has 3 unspecified atom stereocenters. The maximum atomic E-state index is 14.7. The van der Waals surface area contributed by atoms with Gasteiger partial charge in [-0.1, -0.05) is 39.0 Å². The summed E-state index contributed by atoms with van der Waals surface area (Å²) in [7, 11) is 1.41. The zero-order valence-corrected chi connectivity index (χ0v) is 27.3. The lowest BCUT2D eigenvalue weighted by Crippen LogP contribution is -2.59. The first-order valence-electron chi connectivity index (χ1n) is 14.7. The summed E-state index contributed by atoms with van der Waals surface area (Å²) in [6.45, 7) is 10.5. The van der Waals surface area contributed by atoms with Crippen LogP contribution < -0.4 is 26.0 Å². The molecule has 15 heteroatoms. The molecule has 0 spiro atoms. The summed E-state index contributed by atoms with van der Waals surface area (Å²) < 4.78 is 33.9. The Hall–Kier alpha value is -4.85. The lowest BCUT2D eigenvalue weighted by Gasteiger charge is -2.36. The zero-order chi connectivity index (χ0) is 34.6. The molecule has 0 radical (unpaired) electrons. The number of rotatable bonds is 10. The Morgan fingerprint density at radius 3 is 2.51 bits per heavy atom. The third-order valence-electron chi connectivity index (χ3n) is 7.68. The predicted octanol–water partition coefficient (Wildman–Crippen LogP) is 4.46. The van der Waals surface area contributed by atoms with Gasteiger partial charge >= 0.3 is 0 Å². The number of likely N-dealkylation sites (tertiary alicyclic amines) is 1. The standard InChI is InChI=1S/C32H36ClF2N7O5/c1-7-24(43)38-16(2)29(44)41-27(32(3,4)5)31(46)42-12-8-9-22(42)30(45)40-21-13-17-20(14-23(21)47-6)36-15-37-28(17)39-19-11-10-18(34)25(33)26(19)35/h7,10-11,13-16,22,27H,1,8-9,12H2,2-6H3,(H,38,43)(H,40,45)(H,41,44)(H,36,37,39). The van der Waals surface area contributed by atoms with E-state index in [1.807, 2.05) is 0 Å². The van der Waals surface area contributed by atoms with E-state index in [1.165, 1.54) is 37.4 Å². The van der Waals surface area contributed by atoms with Gasteiger partial charge in [0.15, 0.2) is 5.82 Å². The molecule has 4 rings (SSSR count). The van der Waals surface area contributed by atoms with E-state index in [2.05, 4.69) is 37.8 Å². The highest BCUT2D eigenvalue weighted by molar-refractivity contribution is 6.31. The molecule has 0 saturated carbocycles. The van der Waals surface area contributed by atoms with Crippen molar-refractivity contribution in [3.8, 4) is 5.75 Å². The number of nitrogens with zero attached hydrogens (tertiary/aromatic N) is 3. The minimum absolute atomic E-state index is 0.129. The maximum absolute atomic E-state index is 14.7. The molecule has 1 aliphatic heterocycles. The van der Waals surface area contributed by atoms with Crippen molar-refractivity contribution < 1.29 is 32.7 Å². The van der Waals surface area contributed by atoms with Gasteiger partial charge in [-0.2, -0.15) is 0 Å². The molecule has 12 nitrogen and oxygen atoms in total. The Kier molecular flexibility index (Phi) is 10.6. The number of carbonyl (C=O) groups excluding carboxylic acids is 4. The Morgan fingerprint density at radius 1 is 1.13 bits per heavy atom. The lowest BCUT2D eigenvalue weighted by atomic mass is 9.85. The quantitative estimate of drug-likeness (QED) is 0.182. The van der Waals surface area contributed by atoms with Crippen LogP contribution in [-0.4, -0.2) is 70.3 Å². The summed E-state index contributed by atoms with van der Waals surface area (Å²) >= 11 is 5.74. The van der Waals surface area contributed by atoms with Crippen LogP contribution in [0.1, 0.15) is 40.5 Å². The molecular formula is C32H36ClF2N7O5. The Morgan fingerprint density at radius 2 is 1.85 bits per heavy atom. The normalized spacial score (nSPS) is 15.8. The second-order valence-electron chi connectivity index (χ2n) is 12.1. The average Bonchev–Trinajstić information content (AvgIpc) is 3.53. The summed E-state index contributed by atoms with van der Waals surface area (Å²) in [6, 6.07) is 2.47. The molecule has 2 heterocycles. The lowest BCUT2D eigenvalue weighted by molar-refractivity contribution is -0.143. The van der Waals surface area contributed by atoms with Crippen molar-refractivity contribution in [1.82, 2.24) is 25.5 Å². The number of carbonyl (C=O) groups is 4. The highest BCUT2D eigenvalue weighted by Gasteiger charge is 2.42. The van der Waals surface area contributed by atoms with E-state index in [9.17, 15) is 28.0 Å². The smallest absolute Gasteiger partial charge is 0.247 e. The Labute approximate surface area is 275 Å². The van der Waals surface area contributed by atoms with Crippen molar-refractivity contribution >= 4 is 63.3 Å². The third-order valence-corrected chi connectivity index (χ3v) is 8.02. The van der Waals surface area contributed by atoms with Gasteiger partial charge in [-0.3, -0.25) is 19.2 Å². The number of benzene rings is 2. The van der Waals surface area contributed by atoms with Gasteiger partial charge < -0.3 is 30.9 Å². The van der Waals surface area contributed by atoms with Gasteiger partial charge in [-0.25, -0.2) is 18.7 Å². The van der Waals surface area contributed by atoms with Crippen LogP contribution >= 0.6 is 11.6 Å². The molecule has 4 N–H and O–H groups in total. The molecule has 1 aliphatic rings. The minimum Gasteiger partial charge on any atom is -0.494 e. The third kappa shape index (κ3) is 7.76. The summed E-state index contributed by atoms with van der Waals surface area (Å²) in [5.74, 6) is -3.56. The highest BCUT2D eigenvalue weighted by Crippen LogP contribution is 2.35. The van der Waals surface area contributed by atoms with Crippen LogP contribution in [0.3, 0.4) is 0 Å². The second kappa shape index (κ2) is 14.3. The predicted molar refractivity (Wildman–Crippen MR) is 173 cm³/mol. The van der Waals surface area contributed by atoms with Crippen LogP contribution in [0.25, 0.3) is 10.9 Å². The first kappa shape index (κ1) is 35.0. The summed E-state index contributed by atoms with van der Waals surface area (Å²) in [5.41, 5.74) is -0.244. The van der Waals surface area contributed by atoms with Gasteiger partial charge in [0.1, 0.15) is 46.9 Å². The van der Waals surface area contributed by atoms with Crippen LogP contribution in [-0.2, 0) is 19.2 Å². The number of methoxy groups -OCH3 is 1. The SMILES string of the molecule is C=CC(=O)NC(C)C(=O)NC(C(=O)N1CCCC1C(=O)Nc1cc2c(Nc3ccc(F)c(Cl)c3F)ncnc2cc1OC)C(C)(C)C. The first-order chi connectivity index (χ1) is 22.2. The molecule has 0 bridgehead atoms. The van der Waals surface area contributed by atoms with Crippen molar-refractivity contribution in [2.45, 2.75) is 58.7 Å². The van der Waals surface area contributed by atoms with E-state index in [4.69, 9.17) is 16.3 Å². The fourth-order valence-corrected chi connectivity index (χ4v) is 5.30. The first-order valence-corrected chi connectivity index (χ1v) is 15.1. The highest BCUT2D eigenvalue weighted by atomic mass is 35.5. The monoisotopic (exact) mass is 671 g/mol. The van der Waals surface area contributed by atoms with Gasteiger partial charge in [0, 0.05) is 18.0 Å². The van der Waals surface area contributed by atoms with Gasteiger partial charge in [-0.15, -0.1) is 0 Å². The fourth-order valence-electron chi connectivity index (χ4n) is 5.14. The number of fused-ring (bicyclic) bond motifs is 1. The van der Waals surface area contributed by atoms with Crippen molar-refractivity contribution in [3.63, 3.8) is 0 Å². The van der Waals surface area contributed by atoms with Gasteiger partial charge in [0.25, 0.3) is 0 Å². The van der Waals surface area contributed by atoms with E-state index in [-0.39, 0.29) is 29.5 Å². The van der Waals surface area contributed by atoms with Crippen molar-refractivity contribution in [2.24, 2.45) is 5.41 Å². The van der Waals surface area contributed by atoms with Gasteiger partial charge in [0.2, 0.25) is 23.6 Å². The average molecular weight is 672 g/mol. The molecule has 3 atom stereocenters.